The van der Waals surface area contributed by atoms with Crippen LogP contribution < -0.4 is 5.32 Å². The molecule has 1 atom stereocenters. The van der Waals surface area contributed by atoms with E-state index in [0.29, 0.717) is 11.5 Å². The van der Waals surface area contributed by atoms with Gasteiger partial charge in [-0.25, -0.2) is 4.98 Å². The zero-order valence-corrected chi connectivity index (χ0v) is 10.3. The molecule has 1 unspecified atom stereocenters. The number of imidazole rings is 1. The van der Waals surface area contributed by atoms with E-state index in [4.69, 9.17) is 0 Å². The minimum absolute atomic E-state index is 0.447. The lowest BCUT2D eigenvalue weighted by Gasteiger charge is -2.38. The number of nitrogens with one attached hydrogen (secondary N) is 1. The van der Waals surface area contributed by atoms with Gasteiger partial charge in [-0.2, -0.15) is 0 Å². The molecule has 0 saturated heterocycles. The Balaban J connectivity index is 2.00. The fraction of sp³-hybridized carbons (Fsp3) is 0.769. The topological polar surface area (TPSA) is 29.9 Å². The first kappa shape index (κ1) is 10.3. The van der Waals surface area contributed by atoms with Crippen molar-refractivity contribution in [3.63, 3.8) is 0 Å². The Morgan fingerprint density at radius 2 is 2.19 bits per heavy atom. The summed E-state index contributed by atoms with van der Waals surface area (Å²) in [7, 11) is 2.13. The number of aromatic nitrogens is 2. The third-order valence-corrected chi connectivity index (χ3v) is 4.49. The molecule has 0 bridgehead atoms. The van der Waals surface area contributed by atoms with Crippen LogP contribution in [0.4, 0.5) is 0 Å². The first-order valence-electron chi connectivity index (χ1n) is 6.44. The van der Waals surface area contributed by atoms with Crippen LogP contribution >= 0.6 is 0 Å². The van der Waals surface area contributed by atoms with E-state index in [1.54, 1.807) is 0 Å². The largest absolute Gasteiger partial charge is 0.336 e. The summed E-state index contributed by atoms with van der Waals surface area (Å²) in [6, 6.07) is 0.520. The van der Waals surface area contributed by atoms with Crippen LogP contribution in [-0.2, 0) is 13.5 Å². The molecular formula is C13H21N3. The Morgan fingerprint density at radius 1 is 1.44 bits per heavy atom. The fourth-order valence-electron chi connectivity index (χ4n) is 3.53. The lowest BCUT2D eigenvalue weighted by Crippen LogP contribution is -2.40. The molecule has 1 aromatic heterocycles. The Morgan fingerprint density at radius 3 is 2.94 bits per heavy atom. The van der Waals surface area contributed by atoms with Crippen molar-refractivity contribution in [2.24, 2.45) is 12.5 Å². The molecule has 3 heteroatoms. The van der Waals surface area contributed by atoms with Crippen molar-refractivity contribution in [1.29, 1.82) is 0 Å². The first-order valence-corrected chi connectivity index (χ1v) is 6.44. The maximum Gasteiger partial charge on any atom is 0.0949 e. The minimum Gasteiger partial charge on any atom is -0.336 e. The lowest BCUT2D eigenvalue weighted by atomic mass is 9.77. The molecule has 88 valence electrons. The molecule has 3 rings (SSSR count). The quantitative estimate of drug-likeness (QED) is 0.784. The summed E-state index contributed by atoms with van der Waals surface area (Å²) < 4.78 is 2.22. The summed E-state index contributed by atoms with van der Waals surface area (Å²) in [5.41, 5.74) is 3.21. The second-order valence-electron chi connectivity index (χ2n) is 5.69. The van der Waals surface area contributed by atoms with Gasteiger partial charge in [0.15, 0.2) is 0 Å². The normalized spacial score (nSPS) is 28.0. The molecule has 2 aliphatic rings. The summed E-state index contributed by atoms with van der Waals surface area (Å²) >= 11 is 0. The zero-order chi connectivity index (χ0) is 11.2. The number of aryl methyl sites for hydroxylation is 1. The summed E-state index contributed by atoms with van der Waals surface area (Å²) in [4.78, 5) is 4.53. The third-order valence-electron chi connectivity index (χ3n) is 4.49. The van der Waals surface area contributed by atoms with Crippen molar-refractivity contribution in [2.45, 2.75) is 45.1 Å². The number of hydrogen-bond donors (Lipinski definition) is 1. The van der Waals surface area contributed by atoms with Gasteiger partial charge in [-0.05, 0) is 18.3 Å². The monoisotopic (exact) mass is 219 g/mol. The second kappa shape index (κ2) is 3.59. The van der Waals surface area contributed by atoms with E-state index < -0.39 is 0 Å². The van der Waals surface area contributed by atoms with Crippen LogP contribution in [0.5, 0.6) is 0 Å². The van der Waals surface area contributed by atoms with Crippen molar-refractivity contribution < 1.29 is 0 Å². The van der Waals surface area contributed by atoms with Crippen LogP contribution in [0, 0.1) is 5.41 Å². The molecule has 3 nitrogen and oxygen atoms in total. The fourth-order valence-corrected chi connectivity index (χ4v) is 3.53. The van der Waals surface area contributed by atoms with Crippen LogP contribution in [-0.4, -0.2) is 16.1 Å². The van der Waals surface area contributed by atoms with Crippen LogP contribution in [0.3, 0.4) is 0 Å². The summed E-state index contributed by atoms with van der Waals surface area (Å²) in [6.07, 6.45) is 8.56. The van der Waals surface area contributed by atoms with E-state index >= 15 is 0 Å². The lowest BCUT2D eigenvalue weighted by molar-refractivity contribution is 0.208. The van der Waals surface area contributed by atoms with Gasteiger partial charge in [-0.3, -0.25) is 0 Å². The van der Waals surface area contributed by atoms with Crippen LogP contribution in [0.1, 0.15) is 50.0 Å². The first-order chi connectivity index (χ1) is 7.71. The van der Waals surface area contributed by atoms with Crippen molar-refractivity contribution in [1.82, 2.24) is 14.9 Å². The second-order valence-corrected chi connectivity index (χ2v) is 5.69. The van der Waals surface area contributed by atoms with Gasteiger partial charge < -0.3 is 9.88 Å². The molecular weight excluding hydrogens is 198 g/mol. The predicted molar refractivity (Wildman–Crippen MR) is 64.2 cm³/mol. The zero-order valence-electron chi connectivity index (χ0n) is 10.3. The van der Waals surface area contributed by atoms with Crippen molar-refractivity contribution in [3.8, 4) is 0 Å². The summed E-state index contributed by atoms with van der Waals surface area (Å²) in [6.45, 7) is 3.53. The molecule has 0 radical (unpaired) electrons. The highest BCUT2D eigenvalue weighted by Gasteiger charge is 2.41. The number of nitrogens with zero attached hydrogens (tertiary/aromatic N) is 2. The average Bonchev–Trinajstić information content (AvgIpc) is 2.87. The van der Waals surface area contributed by atoms with Gasteiger partial charge in [0.2, 0.25) is 0 Å². The highest BCUT2D eigenvalue weighted by Crippen LogP contribution is 2.48. The molecule has 0 amide bonds. The van der Waals surface area contributed by atoms with Gasteiger partial charge in [-0.1, -0.05) is 19.8 Å². The molecule has 1 aliphatic heterocycles. The van der Waals surface area contributed by atoms with E-state index in [0.717, 1.165) is 13.0 Å². The maximum atomic E-state index is 4.53. The van der Waals surface area contributed by atoms with Gasteiger partial charge in [0.25, 0.3) is 0 Å². The Bertz CT molecular complexity index is 388. The number of rotatable bonds is 1. The molecule has 1 N–H and O–H groups in total. The Labute approximate surface area is 97.3 Å². The van der Waals surface area contributed by atoms with Gasteiger partial charge >= 0.3 is 0 Å². The SMILES string of the molecule is Cn1cnc2c1C(C1(C)CCCC1)NCC2. The predicted octanol–water partition coefficient (Wildman–Crippen LogP) is 2.19. The molecule has 0 spiro atoms. The minimum atomic E-state index is 0.447. The summed E-state index contributed by atoms with van der Waals surface area (Å²) in [5, 5.41) is 3.72. The van der Waals surface area contributed by atoms with E-state index in [1.807, 2.05) is 6.33 Å². The number of hydrogen-bond acceptors (Lipinski definition) is 2. The van der Waals surface area contributed by atoms with E-state index in [2.05, 4.69) is 28.8 Å². The van der Waals surface area contributed by atoms with Gasteiger partial charge in [0.05, 0.1) is 23.8 Å². The molecule has 1 aromatic rings. The van der Waals surface area contributed by atoms with Gasteiger partial charge in [-0.15, -0.1) is 0 Å². The van der Waals surface area contributed by atoms with Crippen LogP contribution in [0.2, 0.25) is 0 Å². The molecule has 16 heavy (non-hydrogen) atoms. The van der Waals surface area contributed by atoms with E-state index in [9.17, 15) is 0 Å². The summed E-state index contributed by atoms with van der Waals surface area (Å²) in [5.74, 6) is 0. The van der Waals surface area contributed by atoms with Gasteiger partial charge in [0, 0.05) is 20.0 Å². The number of fused-ring (bicyclic) bond motifs is 1. The molecule has 0 aromatic carbocycles. The molecule has 1 fully saturated rings. The van der Waals surface area contributed by atoms with Crippen molar-refractivity contribution in [2.75, 3.05) is 6.54 Å². The standard InChI is InChI=1S/C13H21N3/c1-13(6-3-4-7-13)12-11-10(5-8-14-12)15-9-16(11)2/h9,12,14H,3-8H2,1-2H3. The van der Waals surface area contributed by atoms with Crippen LogP contribution in [0.25, 0.3) is 0 Å². The average molecular weight is 219 g/mol. The van der Waals surface area contributed by atoms with Crippen molar-refractivity contribution in [3.05, 3.63) is 17.7 Å². The highest BCUT2D eigenvalue weighted by molar-refractivity contribution is 5.23. The van der Waals surface area contributed by atoms with Crippen molar-refractivity contribution >= 4 is 0 Å². The molecule has 2 heterocycles. The third kappa shape index (κ3) is 1.41. The maximum absolute atomic E-state index is 4.53. The molecule has 1 saturated carbocycles. The Kier molecular flexibility index (Phi) is 2.32. The van der Waals surface area contributed by atoms with Crippen LogP contribution in [0.15, 0.2) is 6.33 Å². The smallest absolute Gasteiger partial charge is 0.0949 e. The van der Waals surface area contributed by atoms with E-state index in [1.165, 1.54) is 37.1 Å². The highest BCUT2D eigenvalue weighted by atomic mass is 15.1. The van der Waals surface area contributed by atoms with Gasteiger partial charge in [0.1, 0.15) is 0 Å². The van der Waals surface area contributed by atoms with E-state index in [-0.39, 0.29) is 0 Å². The Hall–Kier alpha value is -0.830. The molecule has 1 aliphatic carbocycles.